The topological polar surface area (TPSA) is 64.0 Å². The summed E-state index contributed by atoms with van der Waals surface area (Å²) in [6.45, 7) is 13.5. The largest absolute Gasteiger partial charge is 0.276 e. The summed E-state index contributed by atoms with van der Waals surface area (Å²) in [6.07, 6.45) is 0. The summed E-state index contributed by atoms with van der Waals surface area (Å²) in [7, 11) is -3.81. The van der Waals surface area contributed by atoms with Gasteiger partial charge in [0.1, 0.15) is 5.82 Å². The van der Waals surface area contributed by atoms with Gasteiger partial charge in [0.05, 0.1) is 28.5 Å². The van der Waals surface area contributed by atoms with E-state index in [2.05, 4.69) is 9.82 Å². The molecule has 0 saturated carbocycles. The first-order valence-electron chi connectivity index (χ1n) is 9.82. The molecule has 0 saturated heterocycles. The number of anilines is 1. The van der Waals surface area contributed by atoms with Crippen molar-refractivity contribution in [2.75, 3.05) is 4.72 Å². The van der Waals surface area contributed by atoms with Gasteiger partial charge in [-0.15, -0.1) is 0 Å². The zero-order valence-electron chi connectivity index (χ0n) is 18.5. The number of nitrogens with zero attached hydrogens (tertiary/aromatic N) is 2. The lowest BCUT2D eigenvalue weighted by Crippen LogP contribution is -2.18. The zero-order valence-corrected chi connectivity index (χ0v) is 19.3. The van der Waals surface area contributed by atoms with Crippen LogP contribution in [0.3, 0.4) is 0 Å². The molecule has 2 aromatic carbocycles. The number of rotatable bonds is 5. The molecule has 3 aromatic rings. The molecule has 0 unspecified atom stereocenters. The molecule has 0 aliphatic rings. The monoisotopic (exact) mass is 429 g/mol. The normalized spacial score (nSPS) is 11.7. The fraction of sp³-hybridized carbons (Fsp3) is 0.348. The smallest absolute Gasteiger partial charge is 0.262 e. The van der Waals surface area contributed by atoms with E-state index >= 15 is 0 Å². The summed E-state index contributed by atoms with van der Waals surface area (Å²) in [5.41, 5.74) is 7.05. The van der Waals surface area contributed by atoms with Gasteiger partial charge >= 0.3 is 0 Å². The van der Waals surface area contributed by atoms with Gasteiger partial charge in [-0.2, -0.15) is 5.10 Å². The van der Waals surface area contributed by atoms with Crippen LogP contribution in [0.25, 0.3) is 0 Å². The molecular weight excluding hydrogens is 401 g/mol. The minimum atomic E-state index is -3.81. The summed E-state index contributed by atoms with van der Waals surface area (Å²) in [5.74, 6) is -0.314. The highest BCUT2D eigenvalue weighted by Crippen LogP contribution is 2.32. The molecule has 0 aliphatic heterocycles. The second kappa shape index (κ2) is 7.87. The first-order valence-corrected chi connectivity index (χ1v) is 11.3. The Morgan fingerprint density at radius 1 is 0.933 bits per heavy atom. The van der Waals surface area contributed by atoms with Gasteiger partial charge in [-0.25, -0.2) is 12.8 Å². The van der Waals surface area contributed by atoms with Crippen LogP contribution in [0.1, 0.15) is 44.8 Å². The molecule has 0 spiro atoms. The van der Waals surface area contributed by atoms with Gasteiger partial charge in [0.15, 0.2) is 0 Å². The lowest BCUT2D eigenvalue weighted by Gasteiger charge is -2.19. The van der Waals surface area contributed by atoms with Crippen LogP contribution < -0.4 is 4.72 Å². The second-order valence-corrected chi connectivity index (χ2v) is 9.51. The molecule has 1 heterocycles. The molecule has 0 radical (unpaired) electrons. The maximum atomic E-state index is 13.5. The van der Waals surface area contributed by atoms with Crippen molar-refractivity contribution in [3.63, 3.8) is 0 Å². The van der Waals surface area contributed by atoms with E-state index in [1.54, 1.807) is 17.7 Å². The maximum absolute atomic E-state index is 13.5. The Morgan fingerprint density at radius 3 is 2.07 bits per heavy atom. The summed E-state index contributed by atoms with van der Waals surface area (Å²) >= 11 is 0. The molecule has 160 valence electrons. The number of hydrogen-bond acceptors (Lipinski definition) is 3. The van der Waals surface area contributed by atoms with Crippen molar-refractivity contribution >= 4 is 15.7 Å². The van der Waals surface area contributed by atoms with Crippen LogP contribution in [0.4, 0.5) is 10.1 Å². The van der Waals surface area contributed by atoms with E-state index < -0.39 is 10.0 Å². The summed E-state index contributed by atoms with van der Waals surface area (Å²) in [5, 5.41) is 4.47. The molecule has 0 fully saturated rings. The van der Waals surface area contributed by atoms with Gasteiger partial charge in [-0.1, -0.05) is 12.1 Å². The third kappa shape index (κ3) is 3.86. The molecule has 0 bridgehead atoms. The predicted octanol–water partition coefficient (Wildman–Crippen LogP) is 5.03. The van der Waals surface area contributed by atoms with Crippen LogP contribution in [0.15, 0.2) is 29.2 Å². The average Bonchev–Trinajstić information content (AvgIpc) is 2.92. The second-order valence-electron chi connectivity index (χ2n) is 7.89. The summed E-state index contributed by atoms with van der Waals surface area (Å²) in [6, 6.07) is 6.30. The molecule has 3 rings (SSSR count). The number of sulfonamides is 1. The van der Waals surface area contributed by atoms with E-state index in [1.807, 2.05) is 47.6 Å². The highest BCUT2D eigenvalue weighted by molar-refractivity contribution is 7.92. The fourth-order valence-electron chi connectivity index (χ4n) is 3.86. The fourth-order valence-corrected chi connectivity index (χ4v) is 5.64. The molecule has 30 heavy (non-hydrogen) atoms. The number of aryl methyl sites for hydroxylation is 1. The molecule has 0 aliphatic carbocycles. The van der Waals surface area contributed by atoms with E-state index in [9.17, 15) is 12.8 Å². The average molecular weight is 430 g/mol. The van der Waals surface area contributed by atoms with Crippen LogP contribution in [-0.2, 0) is 16.6 Å². The van der Waals surface area contributed by atoms with E-state index in [1.165, 1.54) is 12.1 Å². The van der Waals surface area contributed by atoms with Crippen LogP contribution >= 0.6 is 0 Å². The lowest BCUT2D eigenvalue weighted by molar-refractivity contribution is 0.599. The Balaban J connectivity index is 2.02. The maximum Gasteiger partial charge on any atom is 0.262 e. The van der Waals surface area contributed by atoms with E-state index in [0.29, 0.717) is 28.5 Å². The zero-order chi connectivity index (χ0) is 22.4. The standard InChI is InChI=1S/C23H28FN3O2S/c1-13-14(2)16(4)23(17(5)15(13)3)30(28,29)26-22-18(6)25-27(19(22)7)12-20-9-8-10-21(24)11-20/h8-11,26H,12H2,1-7H3. The Hall–Kier alpha value is -2.67. The molecule has 0 atom stereocenters. The number of hydrogen-bond donors (Lipinski definition) is 1. The van der Waals surface area contributed by atoms with Crippen LogP contribution in [0.2, 0.25) is 0 Å². The van der Waals surface area contributed by atoms with E-state index in [-0.39, 0.29) is 5.82 Å². The van der Waals surface area contributed by atoms with Crippen molar-refractivity contribution in [2.45, 2.75) is 59.9 Å². The van der Waals surface area contributed by atoms with Crippen molar-refractivity contribution in [2.24, 2.45) is 0 Å². The Labute approximate surface area is 178 Å². The quantitative estimate of drug-likeness (QED) is 0.619. The first-order chi connectivity index (χ1) is 13.9. The van der Waals surface area contributed by atoms with E-state index in [4.69, 9.17) is 0 Å². The van der Waals surface area contributed by atoms with Gasteiger partial charge < -0.3 is 0 Å². The predicted molar refractivity (Wildman–Crippen MR) is 118 cm³/mol. The Bertz CT molecular complexity index is 1210. The Kier molecular flexibility index (Phi) is 5.78. The SMILES string of the molecule is Cc1nn(Cc2cccc(F)c2)c(C)c1NS(=O)(=O)c1c(C)c(C)c(C)c(C)c1C. The highest BCUT2D eigenvalue weighted by Gasteiger charge is 2.26. The van der Waals surface area contributed by atoms with E-state index in [0.717, 1.165) is 33.4 Å². The third-order valence-corrected chi connectivity index (χ3v) is 7.66. The number of benzene rings is 2. The Morgan fingerprint density at radius 2 is 1.50 bits per heavy atom. The van der Waals surface area contributed by atoms with Gasteiger partial charge in [0.2, 0.25) is 0 Å². The van der Waals surface area contributed by atoms with Crippen molar-refractivity contribution in [1.82, 2.24) is 9.78 Å². The molecule has 0 amide bonds. The number of halogens is 1. The van der Waals surface area contributed by atoms with Crippen molar-refractivity contribution in [1.29, 1.82) is 0 Å². The molecule has 7 heteroatoms. The molecule has 1 N–H and O–H groups in total. The summed E-state index contributed by atoms with van der Waals surface area (Å²) < 4.78 is 44.7. The van der Waals surface area contributed by atoms with Crippen molar-refractivity contribution in [3.05, 3.63) is 74.9 Å². The van der Waals surface area contributed by atoms with Crippen LogP contribution in [-0.4, -0.2) is 18.2 Å². The van der Waals surface area contributed by atoms with Gasteiger partial charge in [-0.3, -0.25) is 9.40 Å². The minimum Gasteiger partial charge on any atom is -0.276 e. The van der Waals surface area contributed by atoms with Gasteiger partial charge in [0, 0.05) is 0 Å². The van der Waals surface area contributed by atoms with Gasteiger partial charge in [0.25, 0.3) is 10.0 Å². The molecule has 5 nitrogen and oxygen atoms in total. The van der Waals surface area contributed by atoms with Crippen molar-refractivity contribution in [3.8, 4) is 0 Å². The van der Waals surface area contributed by atoms with Crippen molar-refractivity contribution < 1.29 is 12.8 Å². The third-order valence-electron chi connectivity index (χ3n) is 6.04. The number of aromatic nitrogens is 2. The first kappa shape index (κ1) is 22.0. The van der Waals surface area contributed by atoms with Gasteiger partial charge in [-0.05, 0) is 94.0 Å². The minimum absolute atomic E-state index is 0.314. The lowest BCUT2D eigenvalue weighted by atomic mass is 9.95. The molecular formula is C23H28FN3O2S. The van der Waals surface area contributed by atoms with Crippen LogP contribution in [0, 0.1) is 54.3 Å². The summed E-state index contributed by atoms with van der Waals surface area (Å²) in [4.78, 5) is 0.319. The number of nitrogens with one attached hydrogen (secondary N) is 1. The molecule has 1 aromatic heterocycles. The highest BCUT2D eigenvalue weighted by atomic mass is 32.2. The van der Waals surface area contributed by atoms with Crippen LogP contribution in [0.5, 0.6) is 0 Å².